The van der Waals surface area contributed by atoms with Gasteiger partial charge >= 0.3 is 0 Å². The molecule has 0 aliphatic carbocycles. The quantitative estimate of drug-likeness (QED) is 0.789. The Balaban J connectivity index is 2.11. The Morgan fingerprint density at radius 3 is 2.71 bits per heavy atom. The highest BCUT2D eigenvalue weighted by atomic mass is 35.5. The second-order valence-corrected chi connectivity index (χ2v) is 5.52. The van der Waals surface area contributed by atoms with E-state index in [0.717, 1.165) is 36.5 Å². The number of hydrogen-bond donors (Lipinski definition) is 1. The normalized spacial score (nSPS) is 10.7. The van der Waals surface area contributed by atoms with Gasteiger partial charge < -0.3 is 10.1 Å². The lowest BCUT2D eigenvalue weighted by Crippen LogP contribution is -2.15. The van der Waals surface area contributed by atoms with Crippen molar-refractivity contribution in [2.24, 2.45) is 0 Å². The average Bonchev–Trinajstić information content (AvgIpc) is 2.45. The van der Waals surface area contributed by atoms with Crippen molar-refractivity contribution in [1.82, 2.24) is 10.3 Å². The molecule has 2 aromatic rings. The number of ether oxygens (including phenoxy) is 1. The van der Waals surface area contributed by atoms with Crippen molar-refractivity contribution in [3.8, 4) is 11.6 Å². The Bertz CT molecular complexity index is 614. The van der Waals surface area contributed by atoms with Crippen LogP contribution in [0.25, 0.3) is 0 Å². The number of aromatic nitrogens is 1. The molecule has 0 radical (unpaired) electrons. The summed E-state index contributed by atoms with van der Waals surface area (Å²) in [7, 11) is 0. The van der Waals surface area contributed by atoms with Crippen LogP contribution < -0.4 is 10.1 Å². The summed E-state index contributed by atoms with van der Waals surface area (Å²) in [5, 5.41) is 4.04. The van der Waals surface area contributed by atoms with Crippen LogP contribution >= 0.6 is 11.6 Å². The smallest absolute Gasteiger partial charge is 0.219 e. The van der Waals surface area contributed by atoms with Gasteiger partial charge in [0.15, 0.2) is 0 Å². The molecule has 1 heterocycles. The predicted octanol–water partition coefficient (Wildman–Crippen LogP) is 4.64. The van der Waals surface area contributed by atoms with E-state index in [4.69, 9.17) is 16.3 Å². The lowest BCUT2D eigenvalue weighted by molar-refractivity contribution is 0.457. The summed E-state index contributed by atoms with van der Waals surface area (Å²) in [4.78, 5) is 4.51. The minimum Gasteiger partial charge on any atom is -0.439 e. The van der Waals surface area contributed by atoms with Gasteiger partial charge in [-0.1, -0.05) is 30.7 Å². The zero-order valence-corrected chi connectivity index (χ0v) is 13.5. The molecule has 21 heavy (non-hydrogen) atoms. The molecule has 1 N–H and O–H groups in total. The van der Waals surface area contributed by atoms with E-state index in [1.165, 1.54) is 5.56 Å². The van der Waals surface area contributed by atoms with Crippen molar-refractivity contribution in [1.29, 1.82) is 0 Å². The minimum absolute atomic E-state index is 0.595. The number of pyridine rings is 1. The number of benzene rings is 1. The maximum absolute atomic E-state index is 6.00. The van der Waals surface area contributed by atoms with Crippen molar-refractivity contribution < 1.29 is 4.74 Å². The van der Waals surface area contributed by atoms with Crippen LogP contribution in [0.15, 0.2) is 30.3 Å². The maximum atomic E-state index is 6.00. The van der Waals surface area contributed by atoms with Gasteiger partial charge in [-0.15, -0.1) is 0 Å². The summed E-state index contributed by atoms with van der Waals surface area (Å²) in [6, 6.07) is 9.56. The lowest BCUT2D eigenvalue weighted by atomic mass is 10.2. The Kier molecular flexibility index (Phi) is 5.59. The first-order chi connectivity index (χ1) is 10.1. The van der Waals surface area contributed by atoms with Gasteiger partial charge in [0.1, 0.15) is 5.75 Å². The standard InChI is InChI=1S/C17H21ClN2O/c1-4-9-19-11-14-6-8-17(20-13(14)3)21-16-10-15(18)7-5-12(16)2/h5-8,10,19H,4,9,11H2,1-3H3. The van der Waals surface area contributed by atoms with E-state index in [9.17, 15) is 0 Å². The molecule has 2 rings (SSSR count). The molecule has 0 spiro atoms. The van der Waals surface area contributed by atoms with E-state index in [-0.39, 0.29) is 0 Å². The second kappa shape index (κ2) is 7.43. The molecule has 0 aliphatic heterocycles. The maximum Gasteiger partial charge on any atom is 0.219 e. The van der Waals surface area contributed by atoms with Crippen LogP contribution in [0.2, 0.25) is 5.02 Å². The molecule has 0 amide bonds. The third-order valence-electron chi connectivity index (χ3n) is 3.28. The van der Waals surface area contributed by atoms with Gasteiger partial charge in [-0.3, -0.25) is 0 Å². The number of nitrogens with zero attached hydrogens (tertiary/aromatic N) is 1. The van der Waals surface area contributed by atoms with Gasteiger partial charge in [-0.05, 0) is 50.1 Å². The number of nitrogens with one attached hydrogen (secondary N) is 1. The fourth-order valence-corrected chi connectivity index (χ4v) is 2.17. The highest BCUT2D eigenvalue weighted by Gasteiger charge is 2.06. The van der Waals surface area contributed by atoms with Crippen molar-refractivity contribution in [2.45, 2.75) is 33.7 Å². The largest absolute Gasteiger partial charge is 0.439 e. The topological polar surface area (TPSA) is 34.1 Å². The number of rotatable bonds is 6. The number of hydrogen-bond acceptors (Lipinski definition) is 3. The number of halogens is 1. The molecular formula is C17H21ClN2O. The van der Waals surface area contributed by atoms with Gasteiger partial charge in [0.2, 0.25) is 5.88 Å². The SMILES string of the molecule is CCCNCc1ccc(Oc2cc(Cl)ccc2C)nc1C. The van der Waals surface area contributed by atoms with E-state index in [0.29, 0.717) is 10.9 Å². The summed E-state index contributed by atoms with van der Waals surface area (Å²) >= 11 is 6.00. The van der Waals surface area contributed by atoms with Crippen LogP contribution in [0.4, 0.5) is 0 Å². The molecule has 1 aromatic carbocycles. The fourth-order valence-electron chi connectivity index (χ4n) is 2.01. The van der Waals surface area contributed by atoms with Crippen molar-refractivity contribution in [3.63, 3.8) is 0 Å². The van der Waals surface area contributed by atoms with E-state index in [2.05, 4.69) is 23.3 Å². The summed E-state index contributed by atoms with van der Waals surface area (Å²) in [5.41, 5.74) is 3.21. The monoisotopic (exact) mass is 304 g/mol. The third kappa shape index (κ3) is 4.45. The van der Waals surface area contributed by atoms with Crippen molar-refractivity contribution in [3.05, 3.63) is 52.2 Å². The minimum atomic E-state index is 0.595. The van der Waals surface area contributed by atoms with Crippen LogP contribution in [-0.4, -0.2) is 11.5 Å². The Morgan fingerprint density at radius 1 is 1.19 bits per heavy atom. The van der Waals surface area contributed by atoms with Gasteiger partial charge in [-0.2, -0.15) is 0 Å². The number of aryl methyl sites for hydroxylation is 2. The van der Waals surface area contributed by atoms with E-state index in [1.807, 2.05) is 38.1 Å². The van der Waals surface area contributed by atoms with Crippen molar-refractivity contribution in [2.75, 3.05) is 6.54 Å². The van der Waals surface area contributed by atoms with Crippen LogP contribution in [0.5, 0.6) is 11.6 Å². The first-order valence-corrected chi connectivity index (χ1v) is 7.59. The summed E-state index contributed by atoms with van der Waals surface area (Å²) in [6.45, 7) is 7.99. The summed E-state index contributed by atoms with van der Waals surface area (Å²) in [5.74, 6) is 1.34. The van der Waals surface area contributed by atoms with Crippen LogP contribution in [0.1, 0.15) is 30.2 Å². The molecule has 112 valence electrons. The van der Waals surface area contributed by atoms with Gasteiger partial charge in [0.25, 0.3) is 0 Å². The molecule has 1 aromatic heterocycles. The molecule has 3 nitrogen and oxygen atoms in total. The highest BCUT2D eigenvalue weighted by molar-refractivity contribution is 6.30. The van der Waals surface area contributed by atoms with Crippen LogP contribution in [0.3, 0.4) is 0 Å². The second-order valence-electron chi connectivity index (χ2n) is 5.08. The Hall–Kier alpha value is -1.58. The summed E-state index contributed by atoms with van der Waals surface area (Å²) in [6.07, 6.45) is 1.13. The lowest BCUT2D eigenvalue weighted by Gasteiger charge is -2.11. The van der Waals surface area contributed by atoms with Crippen molar-refractivity contribution >= 4 is 11.6 Å². The first kappa shape index (κ1) is 15.8. The molecule has 0 aliphatic rings. The van der Waals surface area contributed by atoms with Gasteiger partial charge in [-0.25, -0.2) is 4.98 Å². The van der Waals surface area contributed by atoms with E-state index >= 15 is 0 Å². The van der Waals surface area contributed by atoms with E-state index in [1.54, 1.807) is 0 Å². The van der Waals surface area contributed by atoms with E-state index < -0.39 is 0 Å². The molecule has 0 saturated carbocycles. The fraction of sp³-hybridized carbons (Fsp3) is 0.353. The molecule has 4 heteroatoms. The zero-order valence-electron chi connectivity index (χ0n) is 12.7. The molecular weight excluding hydrogens is 284 g/mol. The zero-order chi connectivity index (χ0) is 15.2. The Morgan fingerprint density at radius 2 is 2.00 bits per heavy atom. The molecule has 0 atom stereocenters. The van der Waals surface area contributed by atoms with Crippen LogP contribution in [0, 0.1) is 13.8 Å². The molecule has 0 unspecified atom stereocenters. The molecule has 0 bridgehead atoms. The highest BCUT2D eigenvalue weighted by Crippen LogP contribution is 2.27. The van der Waals surface area contributed by atoms with Crippen LogP contribution in [-0.2, 0) is 6.54 Å². The first-order valence-electron chi connectivity index (χ1n) is 7.21. The predicted molar refractivity (Wildman–Crippen MR) is 87.2 cm³/mol. The van der Waals surface area contributed by atoms with Gasteiger partial charge in [0.05, 0.1) is 0 Å². The Labute approximate surface area is 131 Å². The average molecular weight is 305 g/mol. The summed E-state index contributed by atoms with van der Waals surface area (Å²) < 4.78 is 5.84. The molecule has 0 fully saturated rings. The van der Waals surface area contributed by atoms with Gasteiger partial charge in [0, 0.05) is 23.3 Å². The third-order valence-corrected chi connectivity index (χ3v) is 3.51. The molecule has 0 saturated heterocycles.